The average molecular weight is 360 g/mol. The van der Waals surface area contributed by atoms with Gasteiger partial charge in [0.05, 0.1) is 18.7 Å². The van der Waals surface area contributed by atoms with Crippen LogP contribution in [-0.2, 0) is 9.47 Å². The number of ether oxygens (including phenoxy) is 2. The molecule has 1 saturated heterocycles. The summed E-state index contributed by atoms with van der Waals surface area (Å²) in [5.41, 5.74) is 1.43. The van der Waals surface area contributed by atoms with Crippen LogP contribution in [0, 0.1) is 5.92 Å². The van der Waals surface area contributed by atoms with Gasteiger partial charge in [-0.05, 0) is 12.8 Å². The number of imidazole rings is 1. The molecule has 0 aromatic carbocycles. The van der Waals surface area contributed by atoms with Gasteiger partial charge in [-0.15, -0.1) is 0 Å². The molecule has 4 rings (SSSR count). The third-order valence-corrected chi connectivity index (χ3v) is 5.00. The molecule has 0 bridgehead atoms. The molecule has 0 spiro atoms. The van der Waals surface area contributed by atoms with Crippen LogP contribution in [0.3, 0.4) is 0 Å². The Labute approximate surface area is 150 Å². The topological polar surface area (TPSA) is 77.7 Å². The van der Waals surface area contributed by atoms with Crippen LogP contribution >= 0.6 is 12.2 Å². The van der Waals surface area contributed by atoms with Crippen molar-refractivity contribution in [2.45, 2.75) is 38.0 Å². The summed E-state index contributed by atoms with van der Waals surface area (Å²) in [5, 5.41) is 0.244. The van der Waals surface area contributed by atoms with E-state index in [9.17, 15) is 0 Å². The van der Waals surface area contributed by atoms with Crippen molar-refractivity contribution in [3.63, 3.8) is 0 Å². The fourth-order valence-electron chi connectivity index (χ4n) is 3.64. The third kappa shape index (κ3) is 2.72. The van der Waals surface area contributed by atoms with Gasteiger partial charge >= 0.3 is 5.24 Å². The highest BCUT2D eigenvalue weighted by atomic mass is 32.1. The van der Waals surface area contributed by atoms with Crippen LogP contribution in [0.5, 0.6) is 0 Å². The quantitative estimate of drug-likeness (QED) is 0.469. The van der Waals surface area contributed by atoms with E-state index in [1.807, 2.05) is 19.0 Å². The minimum absolute atomic E-state index is 0.00743. The maximum absolute atomic E-state index is 5.79. The molecule has 8 nitrogen and oxygen atoms in total. The van der Waals surface area contributed by atoms with E-state index >= 15 is 0 Å². The molecule has 1 aliphatic carbocycles. The molecule has 9 heteroatoms. The van der Waals surface area contributed by atoms with Crippen molar-refractivity contribution in [2.24, 2.45) is 10.9 Å². The number of aliphatic imine (C=N–C) groups is 1. The second kappa shape index (κ2) is 6.21. The Morgan fingerprint density at radius 1 is 1.32 bits per heavy atom. The number of thiocarbonyl (C=S) groups is 1. The molecule has 0 radical (unpaired) electrons. The summed E-state index contributed by atoms with van der Waals surface area (Å²) >= 11 is 5.11. The van der Waals surface area contributed by atoms with Gasteiger partial charge in [-0.1, -0.05) is 6.92 Å². The molecule has 1 unspecified atom stereocenters. The van der Waals surface area contributed by atoms with Crippen molar-refractivity contribution in [1.29, 1.82) is 0 Å². The molecule has 2 aromatic heterocycles. The fraction of sp³-hybridized carbons (Fsp3) is 0.562. The van der Waals surface area contributed by atoms with E-state index in [0.717, 1.165) is 18.5 Å². The third-order valence-electron chi connectivity index (χ3n) is 4.81. The lowest BCUT2D eigenvalue weighted by Gasteiger charge is -2.17. The Morgan fingerprint density at radius 2 is 2.12 bits per heavy atom. The van der Waals surface area contributed by atoms with Gasteiger partial charge in [0.25, 0.3) is 0 Å². The maximum Gasteiger partial charge on any atom is 0.353 e. The van der Waals surface area contributed by atoms with E-state index in [2.05, 4.69) is 31.4 Å². The van der Waals surface area contributed by atoms with Crippen molar-refractivity contribution in [3.8, 4) is 0 Å². The first-order valence-electron chi connectivity index (χ1n) is 8.34. The highest BCUT2D eigenvalue weighted by molar-refractivity contribution is 7.79. The van der Waals surface area contributed by atoms with Crippen molar-refractivity contribution >= 4 is 40.8 Å². The van der Waals surface area contributed by atoms with Gasteiger partial charge in [-0.2, -0.15) is 0 Å². The molecular weight excluding hydrogens is 340 g/mol. The fourth-order valence-corrected chi connectivity index (χ4v) is 3.86. The van der Waals surface area contributed by atoms with Gasteiger partial charge in [0, 0.05) is 32.2 Å². The monoisotopic (exact) mass is 360 g/mol. The average Bonchev–Trinajstić information content (AvgIpc) is 3.25. The van der Waals surface area contributed by atoms with E-state index in [0.29, 0.717) is 17.3 Å². The summed E-state index contributed by atoms with van der Waals surface area (Å²) in [7, 11) is 3.81. The minimum atomic E-state index is -0.0986. The summed E-state index contributed by atoms with van der Waals surface area (Å²) < 4.78 is 13.6. The second-order valence-electron chi connectivity index (χ2n) is 6.62. The Balaban J connectivity index is 1.73. The Hall–Kier alpha value is -2.29. The Bertz CT molecular complexity index is 835. The van der Waals surface area contributed by atoms with Gasteiger partial charge < -0.3 is 18.9 Å². The maximum atomic E-state index is 5.79. The Kier molecular flexibility index (Phi) is 4.03. The van der Waals surface area contributed by atoms with Crippen LogP contribution in [0.15, 0.2) is 17.6 Å². The molecule has 1 aliphatic heterocycles. The molecule has 2 aromatic rings. The molecule has 4 atom stereocenters. The predicted octanol–water partition coefficient (Wildman–Crippen LogP) is 2.09. The molecule has 3 heterocycles. The number of fused-ring (bicyclic) bond motifs is 2. The van der Waals surface area contributed by atoms with E-state index in [1.54, 1.807) is 12.7 Å². The predicted molar refractivity (Wildman–Crippen MR) is 96.9 cm³/mol. The number of rotatable bonds is 4. The smallest absolute Gasteiger partial charge is 0.353 e. The zero-order valence-corrected chi connectivity index (χ0v) is 15.2. The van der Waals surface area contributed by atoms with Crippen molar-refractivity contribution in [1.82, 2.24) is 24.4 Å². The molecule has 2 aliphatic rings. The lowest BCUT2D eigenvalue weighted by atomic mass is 10.0. The Morgan fingerprint density at radius 3 is 2.88 bits per heavy atom. The number of hydrogen-bond donors (Lipinski definition) is 0. The first-order chi connectivity index (χ1) is 12.1. The van der Waals surface area contributed by atoms with Crippen molar-refractivity contribution in [2.75, 3.05) is 14.1 Å². The number of hydrogen-bond acceptors (Lipinski definition) is 7. The van der Waals surface area contributed by atoms with Crippen molar-refractivity contribution in [3.05, 3.63) is 12.7 Å². The molecule has 25 heavy (non-hydrogen) atoms. The lowest BCUT2D eigenvalue weighted by Crippen LogP contribution is -2.26. The zero-order valence-electron chi connectivity index (χ0n) is 14.4. The highest BCUT2D eigenvalue weighted by Crippen LogP contribution is 2.45. The van der Waals surface area contributed by atoms with Crippen molar-refractivity contribution < 1.29 is 9.47 Å². The van der Waals surface area contributed by atoms with Crippen LogP contribution in [0.4, 0.5) is 5.82 Å². The van der Waals surface area contributed by atoms with Gasteiger partial charge in [-0.3, -0.25) is 0 Å². The molecule has 132 valence electrons. The van der Waals surface area contributed by atoms with Crippen LogP contribution in [0.25, 0.3) is 11.2 Å². The summed E-state index contributed by atoms with van der Waals surface area (Å²) in [6.07, 6.45) is 6.88. The summed E-state index contributed by atoms with van der Waals surface area (Å²) in [6.45, 7) is 2.16. The first-order valence-corrected chi connectivity index (χ1v) is 8.74. The van der Waals surface area contributed by atoms with E-state index < -0.39 is 0 Å². The molecule has 0 N–H and O–H groups in total. The summed E-state index contributed by atoms with van der Waals surface area (Å²) in [4.78, 5) is 19.4. The largest absolute Gasteiger partial charge is 0.449 e. The molecular formula is C16H20N6O2S. The zero-order chi connectivity index (χ0) is 17.6. The minimum Gasteiger partial charge on any atom is -0.449 e. The molecule has 1 saturated carbocycles. The second-order valence-corrected chi connectivity index (χ2v) is 6.95. The van der Waals surface area contributed by atoms with E-state index in [4.69, 9.17) is 21.7 Å². The standard InChI is InChI=1S/C16H20N6O2S/c1-4-9-5-10(13-12(9)23-16(25)24-13)22-8-19-11-14(20-7-21(2)3)17-6-18-15(11)22/h6-10,12-13H,4-5H2,1-3H3/b20-7-/t9-,10+,12-,13?/m0/s1. The molecule has 2 fully saturated rings. The van der Waals surface area contributed by atoms with E-state index in [1.165, 1.54) is 6.33 Å². The van der Waals surface area contributed by atoms with Gasteiger partial charge in [0.2, 0.25) is 0 Å². The van der Waals surface area contributed by atoms with Crippen LogP contribution in [0.1, 0.15) is 25.8 Å². The SMILES string of the molecule is CC[C@H]1C[C@@H](n2cnc3c(/N=C\N(C)C)ncnc32)C2OC(=S)O[C@H]21. The van der Waals surface area contributed by atoms with Gasteiger partial charge in [0.1, 0.15) is 12.4 Å². The van der Waals surface area contributed by atoms with Crippen LogP contribution < -0.4 is 0 Å². The number of aromatic nitrogens is 4. The van der Waals surface area contributed by atoms with Crippen LogP contribution in [0.2, 0.25) is 0 Å². The van der Waals surface area contributed by atoms with Gasteiger partial charge in [0.15, 0.2) is 23.1 Å². The van der Waals surface area contributed by atoms with E-state index in [-0.39, 0.29) is 23.5 Å². The van der Waals surface area contributed by atoms with Crippen LogP contribution in [-0.4, -0.2) is 62.3 Å². The molecule has 0 amide bonds. The number of nitrogens with zero attached hydrogens (tertiary/aromatic N) is 6. The lowest BCUT2D eigenvalue weighted by molar-refractivity contribution is 0.132. The summed E-state index contributed by atoms with van der Waals surface area (Å²) in [5.74, 6) is 0.958. The van der Waals surface area contributed by atoms with Gasteiger partial charge in [-0.25, -0.2) is 19.9 Å². The highest BCUT2D eigenvalue weighted by Gasteiger charge is 2.51. The first kappa shape index (κ1) is 16.2. The normalized spacial score (nSPS) is 28.4. The summed E-state index contributed by atoms with van der Waals surface area (Å²) in [6, 6.07) is 0.0842.